The SMILES string of the molecule is C=CCOC(=O)O[C@H](C)[C@H]1C(=O)N2C(C(=O)OCC=C)=C(COc3ccc(F)cc3)S[C@H]12. The molecule has 0 bridgehead atoms. The molecular weight excluding hydrogens is 441 g/mol. The standard InChI is InChI=1S/C22H22FNO7S/c1-4-10-28-21(26)18-16(12-30-15-8-6-14(23)7-9-15)32-20-17(19(25)24(18)20)13(3)31-22(27)29-11-5-2/h4-9,13,17,20H,1-2,10-12H2,3H3/t13-,17+,20-/m1/s1. The van der Waals surface area contributed by atoms with Crippen molar-refractivity contribution in [2.24, 2.45) is 5.92 Å². The van der Waals surface area contributed by atoms with Gasteiger partial charge in [-0.05, 0) is 31.2 Å². The van der Waals surface area contributed by atoms with Crippen LogP contribution in [-0.4, -0.2) is 54.2 Å². The van der Waals surface area contributed by atoms with Crippen LogP contribution in [-0.2, 0) is 23.8 Å². The zero-order valence-corrected chi connectivity index (χ0v) is 18.1. The average Bonchev–Trinajstić information content (AvgIpc) is 3.09. The number of thioether (sulfide) groups is 1. The number of halogens is 1. The summed E-state index contributed by atoms with van der Waals surface area (Å²) in [7, 11) is 0. The Bertz CT molecular complexity index is 946. The highest BCUT2D eigenvalue weighted by Gasteiger charge is 2.59. The molecule has 3 atom stereocenters. The molecule has 0 radical (unpaired) electrons. The lowest BCUT2D eigenvalue weighted by Crippen LogP contribution is -2.61. The number of ether oxygens (including phenoxy) is 4. The molecule has 1 aromatic rings. The minimum atomic E-state index is -0.912. The first-order chi connectivity index (χ1) is 15.4. The van der Waals surface area contributed by atoms with Crippen molar-refractivity contribution in [1.29, 1.82) is 0 Å². The summed E-state index contributed by atoms with van der Waals surface area (Å²) < 4.78 is 33.9. The van der Waals surface area contributed by atoms with Crippen molar-refractivity contribution in [2.75, 3.05) is 19.8 Å². The second-order valence-electron chi connectivity index (χ2n) is 6.82. The first-order valence-electron chi connectivity index (χ1n) is 9.71. The Balaban J connectivity index is 1.73. The van der Waals surface area contributed by atoms with Crippen molar-refractivity contribution in [1.82, 2.24) is 4.90 Å². The summed E-state index contributed by atoms with van der Waals surface area (Å²) in [6.07, 6.45) is 1.12. The van der Waals surface area contributed by atoms with E-state index in [0.717, 1.165) is 0 Å². The number of carbonyl (C=O) groups is 3. The summed E-state index contributed by atoms with van der Waals surface area (Å²) in [6, 6.07) is 5.42. The maximum absolute atomic E-state index is 13.1. The molecule has 0 unspecified atom stereocenters. The summed E-state index contributed by atoms with van der Waals surface area (Å²) in [5.74, 6) is -1.75. The van der Waals surface area contributed by atoms with Crippen LogP contribution in [0.1, 0.15) is 6.92 Å². The van der Waals surface area contributed by atoms with E-state index >= 15 is 0 Å². The Morgan fingerprint density at radius 3 is 2.50 bits per heavy atom. The maximum Gasteiger partial charge on any atom is 0.508 e. The Morgan fingerprint density at radius 2 is 1.84 bits per heavy atom. The molecule has 3 rings (SSSR count). The molecule has 32 heavy (non-hydrogen) atoms. The number of benzene rings is 1. The number of nitrogens with zero attached hydrogens (tertiary/aromatic N) is 1. The number of esters is 1. The Labute approximate surface area is 188 Å². The van der Waals surface area contributed by atoms with E-state index in [1.807, 2.05) is 0 Å². The van der Waals surface area contributed by atoms with Crippen LogP contribution in [0.2, 0.25) is 0 Å². The smallest absolute Gasteiger partial charge is 0.488 e. The van der Waals surface area contributed by atoms with Crippen molar-refractivity contribution in [3.63, 3.8) is 0 Å². The largest absolute Gasteiger partial charge is 0.508 e. The number of carbonyl (C=O) groups excluding carboxylic acids is 3. The molecule has 2 aliphatic rings. The summed E-state index contributed by atoms with van der Waals surface area (Å²) in [5, 5.41) is -0.470. The molecule has 1 amide bonds. The van der Waals surface area contributed by atoms with E-state index in [1.54, 1.807) is 6.92 Å². The third-order valence-corrected chi connectivity index (χ3v) is 6.01. The lowest BCUT2D eigenvalue weighted by Gasteiger charge is -2.44. The fourth-order valence-electron chi connectivity index (χ4n) is 3.20. The van der Waals surface area contributed by atoms with Gasteiger partial charge in [0.15, 0.2) is 0 Å². The van der Waals surface area contributed by atoms with Crippen LogP contribution in [0.25, 0.3) is 0 Å². The molecule has 0 saturated carbocycles. The van der Waals surface area contributed by atoms with Gasteiger partial charge in [0, 0.05) is 0 Å². The van der Waals surface area contributed by atoms with E-state index in [-0.39, 0.29) is 31.4 Å². The molecule has 1 fully saturated rings. The fourth-order valence-corrected chi connectivity index (χ4v) is 4.71. The normalized spacial score (nSPS) is 20.1. The van der Waals surface area contributed by atoms with Crippen LogP contribution in [0, 0.1) is 11.7 Å². The molecule has 0 spiro atoms. The van der Waals surface area contributed by atoms with E-state index in [1.165, 1.54) is 53.1 Å². The van der Waals surface area contributed by atoms with Crippen molar-refractivity contribution in [3.05, 3.63) is 66.0 Å². The Hall–Kier alpha value is -3.27. The third kappa shape index (κ3) is 4.96. The second-order valence-corrected chi connectivity index (χ2v) is 8.03. The van der Waals surface area contributed by atoms with Gasteiger partial charge in [-0.15, -0.1) is 0 Å². The minimum Gasteiger partial charge on any atom is -0.488 e. The Kier molecular flexibility index (Phi) is 7.57. The van der Waals surface area contributed by atoms with E-state index in [0.29, 0.717) is 10.7 Å². The summed E-state index contributed by atoms with van der Waals surface area (Å²) in [6.45, 7) is 8.47. The highest BCUT2D eigenvalue weighted by molar-refractivity contribution is 8.04. The number of amides is 1. The summed E-state index contributed by atoms with van der Waals surface area (Å²) in [4.78, 5) is 39.0. The molecule has 0 aromatic heterocycles. The van der Waals surface area contributed by atoms with Crippen molar-refractivity contribution < 1.29 is 37.7 Å². The predicted molar refractivity (Wildman–Crippen MR) is 114 cm³/mol. The van der Waals surface area contributed by atoms with Crippen LogP contribution >= 0.6 is 11.8 Å². The maximum atomic E-state index is 13.1. The molecule has 1 saturated heterocycles. The van der Waals surface area contributed by atoms with Crippen molar-refractivity contribution in [2.45, 2.75) is 18.4 Å². The first kappa shape index (κ1) is 23.4. The van der Waals surface area contributed by atoms with Gasteiger partial charge in [0.2, 0.25) is 5.91 Å². The highest BCUT2D eigenvalue weighted by atomic mass is 32.2. The molecule has 2 heterocycles. The van der Waals surface area contributed by atoms with Crippen molar-refractivity contribution >= 4 is 29.8 Å². The molecule has 8 nitrogen and oxygen atoms in total. The van der Waals surface area contributed by atoms with Gasteiger partial charge >= 0.3 is 12.1 Å². The number of rotatable bonds is 10. The summed E-state index contributed by atoms with van der Waals surface area (Å²) in [5.41, 5.74) is 0.0756. The lowest BCUT2D eigenvalue weighted by atomic mass is 9.92. The molecule has 170 valence electrons. The average molecular weight is 463 g/mol. The quantitative estimate of drug-likeness (QED) is 0.296. The second kappa shape index (κ2) is 10.4. The molecule has 0 N–H and O–H groups in total. The number of fused-ring (bicyclic) bond motifs is 1. The van der Waals surface area contributed by atoms with Gasteiger partial charge in [-0.25, -0.2) is 14.0 Å². The van der Waals surface area contributed by atoms with Crippen LogP contribution < -0.4 is 4.74 Å². The minimum absolute atomic E-state index is 0.0137. The lowest BCUT2D eigenvalue weighted by molar-refractivity contribution is -0.158. The molecule has 0 aliphatic carbocycles. The molecule has 10 heteroatoms. The summed E-state index contributed by atoms with van der Waals surface area (Å²) >= 11 is 1.25. The van der Waals surface area contributed by atoms with Crippen LogP contribution in [0.4, 0.5) is 9.18 Å². The fraction of sp³-hybridized carbons (Fsp3) is 0.318. The number of hydrogen-bond acceptors (Lipinski definition) is 8. The monoisotopic (exact) mass is 463 g/mol. The first-order valence-corrected chi connectivity index (χ1v) is 10.6. The van der Waals surface area contributed by atoms with E-state index in [9.17, 15) is 18.8 Å². The van der Waals surface area contributed by atoms with E-state index in [2.05, 4.69) is 13.2 Å². The highest BCUT2D eigenvalue weighted by Crippen LogP contribution is 2.51. The Morgan fingerprint density at radius 1 is 1.19 bits per heavy atom. The zero-order chi connectivity index (χ0) is 23.3. The third-order valence-electron chi connectivity index (χ3n) is 4.67. The van der Waals surface area contributed by atoms with Crippen molar-refractivity contribution in [3.8, 4) is 5.75 Å². The van der Waals surface area contributed by atoms with E-state index in [4.69, 9.17) is 18.9 Å². The molecule has 2 aliphatic heterocycles. The van der Waals surface area contributed by atoms with Gasteiger partial charge in [0.25, 0.3) is 0 Å². The number of β-lactam (4-membered cyclic amide) rings is 1. The van der Waals surface area contributed by atoms with Gasteiger partial charge in [0.1, 0.15) is 54.5 Å². The van der Waals surface area contributed by atoms with Gasteiger partial charge in [0.05, 0.1) is 4.91 Å². The predicted octanol–water partition coefficient (Wildman–Crippen LogP) is 3.40. The van der Waals surface area contributed by atoms with E-state index < -0.39 is 35.3 Å². The van der Waals surface area contributed by atoms with Crippen LogP contribution in [0.5, 0.6) is 5.75 Å². The van der Waals surface area contributed by atoms with Crippen LogP contribution in [0.15, 0.2) is 60.2 Å². The molecule has 1 aromatic carbocycles. The topological polar surface area (TPSA) is 91.4 Å². The zero-order valence-electron chi connectivity index (χ0n) is 17.3. The van der Waals surface area contributed by atoms with Gasteiger partial charge in [-0.2, -0.15) is 0 Å². The van der Waals surface area contributed by atoms with Gasteiger partial charge < -0.3 is 18.9 Å². The number of hydrogen-bond donors (Lipinski definition) is 0. The van der Waals surface area contributed by atoms with Crippen LogP contribution in [0.3, 0.4) is 0 Å². The molecular formula is C22H22FNO7S. The van der Waals surface area contributed by atoms with Gasteiger partial charge in [-0.3, -0.25) is 9.69 Å². The van der Waals surface area contributed by atoms with Gasteiger partial charge in [-0.1, -0.05) is 37.1 Å².